The topological polar surface area (TPSA) is 98.5 Å². The molecule has 0 fully saturated rings. The Bertz CT molecular complexity index is 883. The predicted molar refractivity (Wildman–Crippen MR) is 105 cm³/mol. The molecule has 2 aromatic carbocycles. The van der Waals surface area contributed by atoms with Gasteiger partial charge < -0.3 is 10.1 Å². The van der Waals surface area contributed by atoms with Gasteiger partial charge in [0.2, 0.25) is 15.9 Å². The number of carbonyl (C=O) groups is 1. The number of aryl methyl sites for hydroxylation is 1. The summed E-state index contributed by atoms with van der Waals surface area (Å²) in [5.41, 5.74) is 1.88. The van der Waals surface area contributed by atoms with E-state index in [2.05, 4.69) is 5.32 Å². The summed E-state index contributed by atoms with van der Waals surface area (Å²) >= 11 is 5.90. The van der Waals surface area contributed by atoms with Crippen LogP contribution >= 0.6 is 11.6 Å². The lowest BCUT2D eigenvalue weighted by Crippen LogP contribution is -2.25. The summed E-state index contributed by atoms with van der Waals surface area (Å²) in [6, 6.07) is 11.7. The molecule has 0 aliphatic heterocycles. The number of hydrogen-bond donors (Lipinski definition) is 2. The van der Waals surface area contributed by atoms with Crippen LogP contribution < -0.4 is 15.2 Å². The van der Waals surface area contributed by atoms with Crippen LogP contribution in [0.15, 0.2) is 47.4 Å². The number of rotatable bonds is 9. The summed E-state index contributed by atoms with van der Waals surface area (Å²) in [4.78, 5) is 11.9. The monoisotopic (exact) mass is 410 g/mol. The second kappa shape index (κ2) is 9.73. The summed E-state index contributed by atoms with van der Waals surface area (Å²) < 4.78 is 28.1. The van der Waals surface area contributed by atoms with Gasteiger partial charge in [-0.05, 0) is 61.2 Å². The molecule has 3 N–H and O–H groups in total. The number of ether oxygens (including phenoxy) is 1. The van der Waals surface area contributed by atoms with Gasteiger partial charge >= 0.3 is 0 Å². The number of hydrogen-bond acceptors (Lipinski definition) is 4. The largest absolute Gasteiger partial charge is 0.493 e. The molecule has 8 heteroatoms. The Hall–Kier alpha value is -2.09. The molecule has 0 saturated heterocycles. The van der Waals surface area contributed by atoms with E-state index in [0.29, 0.717) is 37.4 Å². The lowest BCUT2D eigenvalue weighted by Gasteiger charge is -2.09. The Labute approximate surface area is 164 Å². The molecule has 0 radical (unpaired) electrons. The Morgan fingerprint density at radius 3 is 2.52 bits per heavy atom. The van der Waals surface area contributed by atoms with Crippen molar-refractivity contribution in [2.24, 2.45) is 5.14 Å². The summed E-state index contributed by atoms with van der Waals surface area (Å²) in [5, 5.41) is 8.56. The van der Waals surface area contributed by atoms with Gasteiger partial charge in [-0.2, -0.15) is 0 Å². The molecule has 0 bridgehead atoms. The molecular formula is C19H23ClN2O4S. The maximum atomic E-state index is 11.9. The second-order valence-corrected chi connectivity index (χ2v) is 8.15. The van der Waals surface area contributed by atoms with Gasteiger partial charge in [-0.1, -0.05) is 23.7 Å². The van der Waals surface area contributed by atoms with E-state index in [1.54, 1.807) is 18.2 Å². The summed E-state index contributed by atoms with van der Waals surface area (Å²) in [7, 11) is -3.68. The fraction of sp³-hybridized carbons (Fsp3) is 0.316. The highest BCUT2D eigenvalue weighted by atomic mass is 35.5. The third kappa shape index (κ3) is 7.21. The number of primary sulfonamides is 1. The molecule has 2 rings (SSSR count). The first-order valence-corrected chi connectivity index (χ1v) is 10.5. The Kier molecular flexibility index (Phi) is 7.65. The fourth-order valence-corrected chi connectivity index (χ4v) is 3.21. The number of amides is 1. The molecular weight excluding hydrogens is 388 g/mol. The lowest BCUT2D eigenvalue weighted by atomic mass is 10.1. The minimum atomic E-state index is -3.68. The molecule has 146 valence electrons. The summed E-state index contributed by atoms with van der Waals surface area (Å²) in [6.07, 6.45) is 1.59. The van der Waals surface area contributed by atoms with E-state index < -0.39 is 10.0 Å². The molecule has 27 heavy (non-hydrogen) atoms. The van der Waals surface area contributed by atoms with Crippen LogP contribution in [0.1, 0.15) is 24.0 Å². The van der Waals surface area contributed by atoms with Gasteiger partial charge in [0, 0.05) is 18.0 Å². The van der Waals surface area contributed by atoms with Crippen LogP contribution in [0.2, 0.25) is 5.02 Å². The van der Waals surface area contributed by atoms with Crippen molar-refractivity contribution >= 4 is 27.5 Å². The van der Waals surface area contributed by atoms with Crippen LogP contribution in [0, 0.1) is 6.92 Å². The van der Waals surface area contributed by atoms with Crippen molar-refractivity contribution in [2.75, 3.05) is 13.2 Å². The summed E-state index contributed by atoms with van der Waals surface area (Å²) in [6.45, 7) is 2.85. The minimum absolute atomic E-state index is 0.0485. The van der Waals surface area contributed by atoms with Crippen molar-refractivity contribution in [3.63, 3.8) is 0 Å². The molecule has 6 nitrogen and oxygen atoms in total. The second-order valence-electron chi connectivity index (χ2n) is 6.15. The maximum absolute atomic E-state index is 11.9. The summed E-state index contributed by atoms with van der Waals surface area (Å²) in [5.74, 6) is 0.718. The Morgan fingerprint density at radius 2 is 1.89 bits per heavy atom. The van der Waals surface area contributed by atoms with Gasteiger partial charge in [0.25, 0.3) is 0 Å². The maximum Gasteiger partial charge on any atom is 0.238 e. The van der Waals surface area contributed by atoms with Gasteiger partial charge in [0.1, 0.15) is 5.75 Å². The zero-order valence-electron chi connectivity index (χ0n) is 15.1. The first-order chi connectivity index (χ1) is 12.8. The van der Waals surface area contributed by atoms with E-state index in [9.17, 15) is 13.2 Å². The molecule has 0 atom stereocenters. The number of nitrogens with one attached hydrogen (secondary N) is 1. The van der Waals surface area contributed by atoms with Crippen molar-refractivity contribution in [2.45, 2.75) is 31.1 Å². The van der Waals surface area contributed by atoms with Gasteiger partial charge in [-0.15, -0.1) is 0 Å². The van der Waals surface area contributed by atoms with Crippen LogP contribution in [0.4, 0.5) is 0 Å². The van der Waals surface area contributed by atoms with Crippen molar-refractivity contribution in [3.8, 4) is 5.75 Å². The van der Waals surface area contributed by atoms with E-state index in [1.165, 1.54) is 12.1 Å². The van der Waals surface area contributed by atoms with Crippen LogP contribution in [-0.2, 0) is 21.2 Å². The highest BCUT2D eigenvalue weighted by Gasteiger charge is 2.07. The van der Waals surface area contributed by atoms with Crippen molar-refractivity contribution < 1.29 is 17.9 Å². The fourth-order valence-electron chi connectivity index (χ4n) is 2.47. The highest BCUT2D eigenvalue weighted by molar-refractivity contribution is 7.89. The van der Waals surface area contributed by atoms with Crippen molar-refractivity contribution in [3.05, 3.63) is 58.6 Å². The van der Waals surface area contributed by atoms with Crippen LogP contribution in [0.5, 0.6) is 5.75 Å². The predicted octanol–water partition coefficient (Wildman–Crippen LogP) is 2.81. The van der Waals surface area contributed by atoms with Crippen LogP contribution in [0.25, 0.3) is 0 Å². The standard InChI is InChI=1S/C19H23ClN2O4S/c1-14-13-16(20)6-9-18(14)26-12-2-3-19(23)22-11-10-15-4-7-17(8-5-15)27(21,24)25/h4-9,13H,2-3,10-12H2,1H3,(H,22,23)(H2,21,24,25). The van der Waals surface area contributed by atoms with Gasteiger partial charge in [-0.3, -0.25) is 4.79 Å². The number of benzene rings is 2. The number of sulfonamides is 1. The van der Waals surface area contributed by atoms with Gasteiger partial charge in [0.15, 0.2) is 0 Å². The minimum Gasteiger partial charge on any atom is -0.493 e. The molecule has 0 aliphatic rings. The Morgan fingerprint density at radius 1 is 1.19 bits per heavy atom. The molecule has 2 aromatic rings. The highest BCUT2D eigenvalue weighted by Crippen LogP contribution is 2.21. The zero-order chi connectivity index (χ0) is 19.9. The molecule has 0 aliphatic carbocycles. The number of carbonyl (C=O) groups excluding carboxylic acids is 1. The molecule has 0 aromatic heterocycles. The molecule has 0 spiro atoms. The van der Waals surface area contributed by atoms with Crippen molar-refractivity contribution in [1.29, 1.82) is 0 Å². The third-order valence-electron chi connectivity index (χ3n) is 3.93. The molecule has 0 saturated carbocycles. The first kappa shape index (κ1) is 21.2. The van der Waals surface area contributed by atoms with E-state index in [1.807, 2.05) is 19.1 Å². The molecule has 1 amide bonds. The number of halogens is 1. The normalized spacial score (nSPS) is 11.2. The van der Waals surface area contributed by atoms with E-state index in [0.717, 1.165) is 16.9 Å². The average Bonchev–Trinajstić information content (AvgIpc) is 2.60. The Balaban J connectivity index is 1.65. The quantitative estimate of drug-likeness (QED) is 0.621. The average molecular weight is 411 g/mol. The molecule has 0 unspecified atom stereocenters. The lowest BCUT2D eigenvalue weighted by molar-refractivity contribution is -0.121. The third-order valence-corrected chi connectivity index (χ3v) is 5.09. The first-order valence-electron chi connectivity index (χ1n) is 8.53. The smallest absolute Gasteiger partial charge is 0.238 e. The van der Waals surface area contributed by atoms with E-state index in [-0.39, 0.29) is 10.8 Å². The van der Waals surface area contributed by atoms with Crippen LogP contribution in [0.3, 0.4) is 0 Å². The van der Waals surface area contributed by atoms with Gasteiger partial charge in [0.05, 0.1) is 11.5 Å². The van der Waals surface area contributed by atoms with E-state index >= 15 is 0 Å². The van der Waals surface area contributed by atoms with Crippen molar-refractivity contribution in [1.82, 2.24) is 5.32 Å². The number of nitrogens with two attached hydrogens (primary N) is 1. The van der Waals surface area contributed by atoms with Gasteiger partial charge in [-0.25, -0.2) is 13.6 Å². The zero-order valence-corrected chi connectivity index (χ0v) is 16.6. The van der Waals surface area contributed by atoms with Crippen LogP contribution in [-0.4, -0.2) is 27.5 Å². The van der Waals surface area contributed by atoms with E-state index in [4.69, 9.17) is 21.5 Å². The molecule has 0 heterocycles. The SMILES string of the molecule is Cc1cc(Cl)ccc1OCCCC(=O)NCCc1ccc(S(N)(=O)=O)cc1.